The summed E-state index contributed by atoms with van der Waals surface area (Å²) in [4.78, 5) is 30.4. The van der Waals surface area contributed by atoms with Crippen LogP contribution in [0, 0.1) is 11.8 Å². The van der Waals surface area contributed by atoms with Crippen molar-refractivity contribution in [2.45, 2.75) is 26.8 Å². The van der Waals surface area contributed by atoms with Crippen molar-refractivity contribution in [1.29, 1.82) is 0 Å². The first-order valence-corrected chi connectivity index (χ1v) is 8.53. The molecule has 7 nitrogen and oxygen atoms in total. The molecule has 0 aromatic carbocycles. The van der Waals surface area contributed by atoms with Crippen LogP contribution in [0.25, 0.3) is 5.82 Å². The van der Waals surface area contributed by atoms with Crippen molar-refractivity contribution < 1.29 is 9.59 Å². The molecule has 1 atom stereocenters. The molecule has 0 aliphatic carbocycles. The SMILES string of the molecule is CC(C)CN1C[C@@H](C(=O)NCc2ccnc(-n3cccn3)c2)CC1=O. The molecule has 1 fully saturated rings. The normalized spacial score (nSPS) is 17.3. The van der Waals surface area contributed by atoms with Crippen LogP contribution in [0.2, 0.25) is 0 Å². The van der Waals surface area contributed by atoms with Crippen LogP contribution in [0.15, 0.2) is 36.8 Å². The molecule has 0 spiro atoms. The number of pyridine rings is 1. The monoisotopic (exact) mass is 341 g/mol. The average Bonchev–Trinajstić information content (AvgIpc) is 3.23. The van der Waals surface area contributed by atoms with E-state index in [1.165, 1.54) is 0 Å². The van der Waals surface area contributed by atoms with E-state index in [9.17, 15) is 9.59 Å². The number of likely N-dealkylation sites (tertiary alicyclic amines) is 1. The molecule has 2 aromatic rings. The number of carbonyl (C=O) groups is 2. The van der Waals surface area contributed by atoms with Gasteiger partial charge in [0.15, 0.2) is 5.82 Å². The van der Waals surface area contributed by atoms with E-state index < -0.39 is 0 Å². The average molecular weight is 341 g/mol. The smallest absolute Gasteiger partial charge is 0.225 e. The highest BCUT2D eigenvalue weighted by Gasteiger charge is 2.34. The molecule has 1 aliphatic heterocycles. The van der Waals surface area contributed by atoms with Gasteiger partial charge in [0, 0.05) is 44.6 Å². The van der Waals surface area contributed by atoms with Crippen LogP contribution in [0.3, 0.4) is 0 Å². The Morgan fingerprint density at radius 1 is 1.40 bits per heavy atom. The lowest BCUT2D eigenvalue weighted by Gasteiger charge is -2.18. The van der Waals surface area contributed by atoms with Crippen molar-refractivity contribution in [3.8, 4) is 5.82 Å². The summed E-state index contributed by atoms with van der Waals surface area (Å²) in [6, 6.07) is 5.58. The van der Waals surface area contributed by atoms with Gasteiger partial charge in [-0.1, -0.05) is 13.8 Å². The fraction of sp³-hybridized carbons (Fsp3) is 0.444. The molecule has 1 saturated heterocycles. The zero-order valence-corrected chi connectivity index (χ0v) is 14.6. The molecule has 7 heteroatoms. The Balaban J connectivity index is 1.56. The van der Waals surface area contributed by atoms with E-state index in [-0.39, 0.29) is 17.7 Å². The van der Waals surface area contributed by atoms with Gasteiger partial charge in [-0.3, -0.25) is 9.59 Å². The number of carbonyl (C=O) groups excluding carboxylic acids is 2. The summed E-state index contributed by atoms with van der Waals surface area (Å²) >= 11 is 0. The summed E-state index contributed by atoms with van der Waals surface area (Å²) in [7, 11) is 0. The zero-order valence-electron chi connectivity index (χ0n) is 14.6. The number of nitrogens with zero attached hydrogens (tertiary/aromatic N) is 4. The van der Waals surface area contributed by atoms with Crippen LogP contribution in [-0.2, 0) is 16.1 Å². The number of rotatable bonds is 6. The largest absolute Gasteiger partial charge is 0.352 e. The molecule has 2 amide bonds. The van der Waals surface area contributed by atoms with Crippen molar-refractivity contribution in [3.05, 3.63) is 42.4 Å². The van der Waals surface area contributed by atoms with E-state index in [0.29, 0.717) is 37.8 Å². The second kappa shape index (κ2) is 7.46. The number of amides is 2. The zero-order chi connectivity index (χ0) is 17.8. The van der Waals surface area contributed by atoms with Gasteiger partial charge in [-0.2, -0.15) is 5.10 Å². The summed E-state index contributed by atoms with van der Waals surface area (Å²) in [5.74, 6) is 0.841. The van der Waals surface area contributed by atoms with Crippen molar-refractivity contribution in [1.82, 2.24) is 25.0 Å². The Hall–Kier alpha value is -2.70. The van der Waals surface area contributed by atoms with Gasteiger partial charge in [-0.15, -0.1) is 0 Å². The molecule has 3 heterocycles. The number of aromatic nitrogens is 3. The van der Waals surface area contributed by atoms with Crippen molar-refractivity contribution in [2.75, 3.05) is 13.1 Å². The van der Waals surface area contributed by atoms with E-state index >= 15 is 0 Å². The first-order valence-electron chi connectivity index (χ1n) is 8.53. The molecule has 0 bridgehead atoms. The van der Waals surface area contributed by atoms with E-state index in [1.54, 1.807) is 22.0 Å². The Kier molecular flexibility index (Phi) is 5.11. The molecule has 132 valence electrons. The minimum atomic E-state index is -0.265. The van der Waals surface area contributed by atoms with E-state index in [2.05, 4.69) is 29.2 Å². The molecular formula is C18H23N5O2. The third-order valence-corrected chi connectivity index (χ3v) is 4.19. The fourth-order valence-electron chi connectivity index (χ4n) is 3.00. The Labute approximate surface area is 147 Å². The molecule has 0 radical (unpaired) electrons. The van der Waals surface area contributed by atoms with Crippen LogP contribution in [0.4, 0.5) is 0 Å². The summed E-state index contributed by atoms with van der Waals surface area (Å²) in [6.07, 6.45) is 5.50. The lowest BCUT2D eigenvalue weighted by molar-refractivity contribution is -0.129. The minimum Gasteiger partial charge on any atom is -0.352 e. The lowest BCUT2D eigenvalue weighted by Crippen LogP contribution is -2.33. The highest BCUT2D eigenvalue weighted by Crippen LogP contribution is 2.19. The Bertz CT molecular complexity index is 742. The molecule has 1 aliphatic rings. The quantitative estimate of drug-likeness (QED) is 0.861. The standard InChI is InChI=1S/C18H23N5O2/c1-13(2)11-22-12-15(9-17(22)24)18(25)20-10-14-4-6-19-16(8-14)23-7-3-5-21-23/h3-8,13,15H,9-12H2,1-2H3,(H,20,25)/t15-/m0/s1. The van der Waals surface area contributed by atoms with Crippen molar-refractivity contribution >= 4 is 11.8 Å². The lowest BCUT2D eigenvalue weighted by atomic mass is 10.1. The van der Waals surface area contributed by atoms with Crippen LogP contribution >= 0.6 is 0 Å². The second-order valence-electron chi connectivity index (χ2n) is 6.78. The minimum absolute atomic E-state index is 0.0683. The maximum absolute atomic E-state index is 12.4. The first kappa shape index (κ1) is 17.1. The predicted octanol–water partition coefficient (Wildman–Crippen LogP) is 1.39. The summed E-state index contributed by atoms with van der Waals surface area (Å²) in [5, 5.41) is 7.08. The Morgan fingerprint density at radius 2 is 2.24 bits per heavy atom. The second-order valence-corrected chi connectivity index (χ2v) is 6.78. The van der Waals surface area contributed by atoms with Crippen molar-refractivity contribution in [2.24, 2.45) is 11.8 Å². The predicted molar refractivity (Wildman–Crippen MR) is 92.7 cm³/mol. The van der Waals surface area contributed by atoms with Crippen molar-refractivity contribution in [3.63, 3.8) is 0 Å². The van der Waals surface area contributed by atoms with Crippen LogP contribution in [-0.4, -0.2) is 44.6 Å². The number of nitrogens with one attached hydrogen (secondary N) is 1. The van der Waals surface area contributed by atoms with Gasteiger partial charge in [0.2, 0.25) is 11.8 Å². The van der Waals surface area contributed by atoms with Gasteiger partial charge in [-0.25, -0.2) is 9.67 Å². The van der Waals surface area contributed by atoms with Crippen LogP contribution in [0.1, 0.15) is 25.8 Å². The van der Waals surface area contributed by atoms with Gasteiger partial charge >= 0.3 is 0 Å². The van der Waals surface area contributed by atoms with Crippen LogP contribution in [0.5, 0.6) is 0 Å². The van der Waals surface area contributed by atoms with E-state index in [1.807, 2.05) is 24.4 Å². The molecule has 3 rings (SSSR count). The first-order chi connectivity index (χ1) is 12.0. The molecule has 0 saturated carbocycles. The third kappa shape index (κ3) is 4.23. The summed E-state index contributed by atoms with van der Waals surface area (Å²) in [6.45, 7) is 5.77. The highest BCUT2D eigenvalue weighted by atomic mass is 16.2. The summed E-state index contributed by atoms with van der Waals surface area (Å²) in [5.41, 5.74) is 0.942. The molecular weight excluding hydrogens is 318 g/mol. The number of hydrogen-bond donors (Lipinski definition) is 1. The Morgan fingerprint density at radius 3 is 2.96 bits per heavy atom. The van der Waals surface area contributed by atoms with Gasteiger partial charge in [0.25, 0.3) is 0 Å². The number of hydrogen-bond acceptors (Lipinski definition) is 4. The summed E-state index contributed by atoms with van der Waals surface area (Å²) < 4.78 is 1.67. The van der Waals surface area contributed by atoms with E-state index in [0.717, 1.165) is 5.56 Å². The maximum atomic E-state index is 12.4. The van der Waals surface area contributed by atoms with Crippen LogP contribution < -0.4 is 5.32 Å². The van der Waals surface area contributed by atoms with Gasteiger partial charge < -0.3 is 10.2 Å². The molecule has 2 aromatic heterocycles. The fourth-order valence-corrected chi connectivity index (χ4v) is 3.00. The van der Waals surface area contributed by atoms with E-state index in [4.69, 9.17) is 0 Å². The van der Waals surface area contributed by atoms with Gasteiger partial charge in [0.05, 0.1) is 5.92 Å². The molecule has 25 heavy (non-hydrogen) atoms. The maximum Gasteiger partial charge on any atom is 0.225 e. The highest BCUT2D eigenvalue weighted by molar-refractivity contribution is 5.89. The topological polar surface area (TPSA) is 80.1 Å². The van der Waals surface area contributed by atoms with Gasteiger partial charge in [0.1, 0.15) is 0 Å². The molecule has 1 N–H and O–H groups in total. The molecule has 0 unspecified atom stereocenters. The third-order valence-electron chi connectivity index (χ3n) is 4.19. The van der Waals surface area contributed by atoms with Gasteiger partial charge in [-0.05, 0) is 29.7 Å².